The van der Waals surface area contributed by atoms with Crippen molar-refractivity contribution in [1.82, 2.24) is 0 Å². The van der Waals surface area contributed by atoms with E-state index in [4.69, 9.17) is 9.47 Å². The van der Waals surface area contributed by atoms with Crippen molar-refractivity contribution in [3.8, 4) is 0 Å². The summed E-state index contributed by atoms with van der Waals surface area (Å²) in [4.78, 5) is 22.4. The van der Waals surface area contributed by atoms with Crippen molar-refractivity contribution in [3.05, 3.63) is 35.9 Å². The van der Waals surface area contributed by atoms with Gasteiger partial charge in [0, 0.05) is 6.42 Å². The molecule has 18 heavy (non-hydrogen) atoms. The largest absolute Gasteiger partial charge is 0.466 e. The van der Waals surface area contributed by atoms with E-state index in [-0.39, 0.29) is 25.0 Å². The second-order valence-corrected chi connectivity index (χ2v) is 3.68. The van der Waals surface area contributed by atoms with E-state index < -0.39 is 0 Å². The maximum atomic E-state index is 11.4. The fourth-order valence-electron chi connectivity index (χ4n) is 1.39. The molecule has 0 saturated carbocycles. The summed E-state index contributed by atoms with van der Waals surface area (Å²) in [6.45, 7) is 2.17. The van der Waals surface area contributed by atoms with Crippen LogP contribution in [0.4, 0.5) is 0 Å². The standard InChI is InChI=1S/C14H17O4/c1-2-17-14(16)10-11-18-13(15)9-8-12-6-4-3-5-7-12/h4-7H,2,8-11H2,1H3. The maximum Gasteiger partial charge on any atom is 0.309 e. The summed E-state index contributed by atoms with van der Waals surface area (Å²) < 4.78 is 9.65. The molecule has 4 nitrogen and oxygen atoms in total. The first-order chi connectivity index (χ1) is 8.72. The molecule has 1 radical (unpaired) electrons. The minimum Gasteiger partial charge on any atom is -0.466 e. The number of carbonyl (C=O) groups is 2. The van der Waals surface area contributed by atoms with Gasteiger partial charge in [-0.25, -0.2) is 0 Å². The zero-order chi connectivity index (χ0) is 13.2. The summed E-state index contributed by atoms with van der Waals surface area (Å²) in [6, 6.07) is 10.3. The van der Waals surface area contributed by atoms with Crippen LogP contribution in [0.1, 0.15) is 25.3 Å². The number of hydrogen-bond donors (Lipinski definition) is 0. The van der Waals surface area contributed by atoms with E-state index in [1.165, 1.54) is 0 Å². The lowest BCUT2D eigenvalue weighted by Gasteiger charge is -2.04. The number of benzene rings is 1. The highest BCUT2D eigenvalue weighted by Gasteiger charge is 2.06. The van der Waals surface area contributed by atoms with E-state index in [0.29, 0.717) is 19.4 Å². The van der Waals surface area contributed by atoms with Crippen LogP contribution in [-0.4, -0.2) is 25.2 Å². The number of aryl methyl sites for hydroxylation is 1. The lowest BCUT2D eigenvalue weighted by Crippen LogP contribution is -2.12. The average Bonchev–Trinajstić information content (AvgIpc) is 2.38. The maximum absolute atomic E-state index is 11.4. The molecule has 0 aliphatic rings. The van der Waals surface area contributed by atoms with Gasteiger partial charge in [-0.15, -0.1) is 0 Å². The molecule has 0 saturated heterocycles. The lowest BCUT2D eigenvalue weighted by molar-refractivity contribution is -0.149. The molecule has 0 heterocycles. The Morgan fingerprint density at radius 2 is 1.78 bits per heavy atom. The molecule has 0 amide bonds. The summed E-state index contributed by atoms with van der Waals surface area (Å²) >= 11 is 0. The van der Waals surface area contributed by atoms with Crippen molar-refractivity contribution in [3.63, 3.8) is 0 Å². The van der Waals surface area contributed by atoms with Gasteiger partial charge in [0.25, 0.3) is 0 Å². The Bertz CT molecular complexity index is 373. The van der Waals surface area contributed by atoms with Gasteiger partial charge in [0.05, 0.1) is 13.0 Å². The molecule has 97 valence electrons. The second-order valence-electron chi connectivity index (χ2n) is 3.68. The fourth-order valence-corrected chi connectivity index (χ4v) is 1.39. The molecule has 0 fully saturated rings. The van der Waals surface area contributed by atoms with Crippen LogP contribution in [-0.2, 0) is 25.5 Å². The third kappa shape index (κ3) is 6.03. The number of ether oxygens (including phenoxy) is 2. The molecule has 0 bridgehead atoms. The van der Waals surface area contributed by atoms with Crippen molar-refractivity contribution in [2.45, 2.75) is 26.2 Å². The molecule has 0 aromatic heterocycles. The molecule has 0 unspecified atom stereocenters. The van der Waals surface area contributed by atoms with Gasteiger partial charge in [-0.3, -0.25) is 9.59 Å². The van der Waals surface area contributed by atoms with Crippen LogP contribution in [0.3, 0.4) is 0 Å². The molecular weight excluding hydrogens is 232 g/mol. The van der Waals surface area contributed by atoms with Crippen molar-refractivity contribution in [2.75, 3.05) is 13.2 Å². The fraction of sp³-hybridized carbons (Fsp3) is 0.429. The molecule has 1 aromatic rings. The second kappa shape index (κ2) is 8.28. The van der Waals surface area contributed by atoms with Crippen LogP contribution in [0, 0.1) is 6.07 Å². The lowest BCUT2D eigenvalue weighted by atomic mass is 10.1. The Morgan fingerprint density at radius 1 is 1.11 bits per heavy atom. The topological polar surface area (TPSA) is 52.6 Å². The number of esters is 2. The van der Waals surface area contributed by atoms with Crippen LogP contribution in [0.2, 0.25) is 0 Å². The van der Waals surface area contributed by atoms with Gasteiger partial charge < -0.3 is 9.47 Å². The Hall–Kier alpha value is -1.84. The van der Waals surface area contributed by atoms with Gasteiger partial charge in [-0.1, -0.05) is 24.3 Å². The molecule has 1 aromatic carbocycles. The third-order valence-electron chi connectivity index (χ3n) is 2.28. The molecular formula is C14H17O4. The zero-order valence-corrected chi connectivity index (χ0v) is 10.5. The highest BCUT2D eigenvalue weighted by molar-refractivity contribution is 5.72. The van der Waals surface area contributed by atoms with Crippen molar-refractivity contribution >= 4 is 11.9 Å². The van der Waals surface area contributed by atoms with Crippen molar-refractivity contribution in [2.24, 2.45) is 0 Å². The minimum absolute atomic E-state index is 0.0836. The van der Waals surface area contributed by atoms with E-state index in [9.17, 15) is 9.59 Å². The van der Waals surface area contributed by atoms with Crippen LogP contribution in [0.15, 0.2) is 24.3 Å². The number of hydrogen-bond acceptors (Lipinski definition) is 4. The van der Waals surface area contributed by atoms with Crippen LogP contribution < -0.4 is 0 Å². The summed E-state index contributed by atoms with van der Waals surface area (Å²) in [5, 5.41) is 0. The Kier molecular flexibility index (Phi) is 6.54. The van der Waals surface area contributed by atoms with E-state index in [1.54, 1.807) is 19.1 Å². The SMILES string of the molecule is CCOC(=O)CCOC(=O)CCc1cc[c]cc1. The van der Waals surface area contributed by atoms with E-state index in [0.717, 1.165) is 5.56 Å². The summed E-state index contributed by atoms with van der Waals surface area (Å²) in [5.74, 6) is -0.643. The van der Waals surface area contributed by atoms with Gasteiger partial charge in [-0.05, 0) is 25.0 Å². The first-order valence-electron chi connectivity index (χ1n) is 5.98. The molecule has 0 aliphatic carbocycles. The monoisotopic (exact) mass is 249 g/mol. The van der Waals surface area contributed by atoms with E-state index in [2.05, 4.69) is 6.07 Å². The highest BCUT2D eigenvalue weighted by Crippen LogP contribution is 2.03. The van der Waals surface area contributed by atoms with Crippen molar-refractivity contribution in [1.29, 1.82) is 0 Å². The molecule has 1 rings (SSSR count). The van der Waals surface area contributed by atoms with Gasteiger partial charge in [-0.2, -0.15) is 0 Å². The summed E-state index contributed by atoms with van der Waals surface area (Å²) in [6.07, 6.45) is 1.06. The van der Waals surface area contributed by atoms with Gasteiger partial charge in [0.2, 0.25) is 0 Å². The molecule has 0 spiro atoms. The first-order valence-corrected chi connectivity index (χ1v) is 5.98. The van der Waals surface area contributed by atoms with Crippen LogP contribution >= 0.6 is 0 Å². The number of carbonyl (C=O) groups excluding carboxylic acids is 2. The van der Waals surface area contributed by atoms with Gasteiger partial charge in [0.1, 0.15) is 6.61 Å². The normalized spacial score (nSPS) is 9.83. The highest BCUT2D eigenvalue weighted by atomic mass is 16.5. The molecule has 0 atom stereocenters. The molecule has 0 N–H and O–H groups in total. The Balaban J connectivity index is 2.13. The summed E-state index contributed by atoms with van der Waals surface area (Å²) in [7, 11) is 0. The van der Waals surface area contributed by atoms with Crippen LogP contribution in [0.25, 0.3) is 0 Å². The first kappa shape index (κ1) is 14.2. The van der Waals surface area contributed by atoms with Crippen molar-refractivity contribution < 1.29 is 19.1 Å². The zero-order valence-electron chi connectivity index (χ0n) is 10.5. The molecule has 4 heteroatoms. The van der Waals surface area contributed by atoms with E-state index >= 15 is 0 Å². The third-order valence-corrected chi connectivity index (χ3v) is 2.28. The number of rotatable bonds is 7. The summed E-state index contributed by atoms with van der Waals surface area (Å²) in [5.41, 5.74) is 1.07. The Labute approximate surface area is 107 Å². The minimum atomic E-state index is -0.344. The van der Waals surface area contributed by atoms with Gasteiger partial charge in [0.15, 0.2) is 0 Å². The predicted octanol–water partition coefficient (Wildman–Crippen LogP) is 1.92. The van der Waals surface area contributed by atoms with Gasteiger partial charge >= 0.3 is 11.9 Å². The quantitative estimate of drug-likeness (QED) is 0.693. The average molecular weight is 249 g/mol. The smallest absolute Gasteiger partial charge is 0.309 e. The van der Waals surface area contributed by atoms with Crippen LogP contribution in [0.5, 0.6) is 0 Å². The Morgan fingerprint density at radius 3 is 2.44 bits per heavy atom. The van der Waals surface area contributed by atoms with E-state index in [1.807, 2.05) is 12.1 Å². The molecule has 0 aliphatic heterocycles. The predicted molar refractivity (Wildman–Crippen MR) is 65.8 cm³/mol.